The molecule has 0 radical (unpaired) electrons. The van der Waals surface area contributed by atoms with Crippen molar-refractivity contribution in [2.75, 3.05) is 27.3 Å². The summed E-state index contributed by atoms with van der Waals surface area (Å²) in [7, 11) is 3.12. The Morgan fingerprint density at radius 2 is 1.68 bits per heavy atom. The summed E-state index contributed by atoms with van der Waals surface area (Å²) in [6.07, 6.45) is 1.61. The van der Waals surface area contributed by atoms with Crippen molar-refractivity contribution in [2.45, 2.75) is 45.2 Å². The van der Waals surface area contributed by atoms with E-state index >= 15 is 0 Å². The normalized spacial score (nSPS) is 14.8. The Bertz CT molecular complexity index is 1010. The van der Waals surface area contributed by atoms with Crippen molar-refractivity contribution in [1.82, 2.24) is 15.5 Å². The number of rotatable bonds is 8. The highest BCUT2D eigenvalue weighted by Gasteiger charge is 2.28. The van der Waals surface area contributed by atoms with E-state index < -0.39 is 6.04 Å². The van der Waals surface area contributed by atoms with Gasteiger partial charge in [-0.25, -0.2) is 0 Å². The average Bonchev–Trinajstić information content (AvgIpc) is 2.83. The zero-order valence-corrected chi connectivity index (χ0v) is 20.2. The minimum Gasteiger partial charge on any atom is -0.497 e. The van der Waals surface area contributed by atoms with Crippen LogP contribution in [0.3, 0.4) is 0 Å². The van der Waals surface area contributed by atoms with Crippen LogP contribution in [0.4, 0.5) is 0 Å². The maximum Gasteiger partial charge on any atom is 0.253 e. The standard InChI is InChI=1S/C26H33N3O5/c1-17-6-5-7-20(12-17)26(32)29-10-8-21(9-11-29)28-25(31)24(27-18(2)30)15-19-13-22(33-3)16-23(14-19)34-4/h5-7,12-14,16,21,24H,8-11,15H2,1-4H3,(H,27,30)(H,28,31). The van der Waals surface area contributed by atoms with Gasteiger partial charge in [0.15, 0.2) is 0 Å². The lowest BCUT2D eigenvalue weighted by Crippen LogP contribution is -2.53. The molecule has 0 bridgehead atoms. The highest BCUT2D eigenvalue weighted by Crippen LogP contribution is 2.23. The third-order valence-corrected chi connectivity index (χ3v) is 5.94. The Labute approximate surface area is 200 Å². The monoisotopic (exact) mass is 467 g/mol. The number of likely N-dealkylation sites (tertiary alicyclic amines) is 1. The quantitative estimate of drug-likeness (QED) is 0.622. The number of methoxy groups -OCH3 is 2. The Hall–Kier alpha value is -3.55. The van der Waals surface area contributed by atoms with Crippen molar-refractivity contribution in [3.05, 3.63) is 59.2 Å². The predicted molar refractivity (Wildman–Crippen MR) is 129 cm³/mol. The van der Waals surface area contributed by atoms with Crippen molar-refractivity contribution in [3.63, 3.8) is 0 Å². The van der Waals surface area contributed by atoms with Crippen LogP contribution in [0, 0.1) is 6.92 Å². The third kappa shape index (κ3) is 6.73. The van der Waals surface area contributed by atoms with E-state index in [1.807, 2.05) is 48.2 Å². The molecule has 0 saturated carbocycles. The summed E-state index contributed by atoms with van der Waals surface area (Å²) in [5, 5.41) is 5.81. The molecule has 34 heavy (non-hydrogen) atoms. The number of carbonyl (C=O) groups excluding carboxylic acids is 3. The lowest BCUT2D eigenvalue weighted by Gasteiger charge is -2.33. The van der Waals surface area contributed by atoms with Crippen LogP contribution in [-0.2, 0) is 16.0 Å². The number of nitrogens with one attached hydrogen (secondary N) is 2. The van der Waals surface area contributed by atoms with E-state index in [2.05, 4.69) is 10.6 Å². The zero-order chi connectivity index (χ0) is 24.7. The van der Waals surface area contributed by atoms with E-state index in [0.717, 1.165) is 11.1 Å². The molecule has 1 atom stereocenters. The van der Waals surface area contributed by atoms with Crippen LogP contribution < -0.4 is 20.1 Å². The Kier molecular flexibility index (Phi) is 8.51. The molecule has 2 N–H and O–H groups in total. The van der Waals surface area contributed by atoms with Crippen LogP contribution in [0.2, 0.25) is 0 Å². The smallest absolute Gasteiger partial charge is 0.253 e. The predicted octanol–water partition coefficient (Wildman–Crippen LogP) is 2.48. The number of hydrogen-bond donors (Lipinski definition) is 2. The first-order valence-corrected chi connectivity index (χ1v) is 11.4. The maximum atomic E-state index is 13.1. The van der Waals surface area contributed by atoms with Crippen LogP contribution in [0.15, 0.2) is 42.5 Å². The molecule has 3 amide bonds. The van der Waals surface area contributed by atoms with Crippen LogP contribution in [0.1, 0.15) is 41.3 Å². The molecule has 0 aliphatic carbocycles. The molecule has 8 nitrogen and oxygen atoms in total. The maximum absolute atomic E-state index is 13.1. The molecule has 1 heterocycles. The summed E-state index contributed by atoms with van der Waals surface area (Å²) in [5.74, 6) is 0.703. The molecule has 8 heteroatoms. The molecule has 1 fully saturated rings. The number of aryl methyl sites for hydroxylation is 1. The first-order chi connectivity index (χ1) is 16.3. The first-order valence-electron chi connectivity index (χ1n) is 11.4. The highest BCUT2D eigenvalue weighted by atomic mass is 16.5. The van der Waals surface area contributed by atoms with E-state index in [0.29, 0.717) is 49.4 Å². The molecule has 1 aliphatic heterocycles. The van der Waals surface area contributed by atoms with E-state index in [1.165, 1.54) is 6.92 Å². The molecule has 1 unspecified atom stereocenters. The van der Waals surface area contributed by atoms with Crippen molar-refractivity contribution >= 4 is 17.7 Å². The van der Waals surface area contributed by atoms with Crippen LogP contribution in [-0.4, -0.2) is 62.0 Å². The van der Waals surface area contributed by atoms with Crippen molar-refractivity contribution in [2.24, 2.45) is 0 Å². The minimum atomic E-state index is -0.735. The zero-order valence-electron chi connectivity index (χ0n) is 20.2. The van der Waals surface area contributed by atoms with Gasteiger partial charge in [-0.05, 0) is 49.6 Å². The first kappa shape index (κ1) is 25.1. The lowest BCUT2D eigenvalue weighted by molar-refractivity contribution is -0.128. The van der Waals surface area contributed by atoms with Gasteiger partial charge in [-0.2, -0.15) is 0 Å². The van der Waals surface area contributed by atoms with Gasteiger partial charge >= 0.3 is 0 Å². The summed E-state index contributed by atoms with van der Waals surface area (Å²) >= 11 is 0. The molecular weight excluding hydrogens is 434 g/mol. The topological polar surface area (TPSA) is 97.0 Å². The fraction of sp³-hybridized carbons (Fsp3) is 0.423. The van der Waals surface area contributed by atoms with Crippen molar-refractivity contribution in [1.29, 1.82) is 0 Å². The van der Waals surface area contributed by atoms with E-state index in [1.54, 1.807) is 20.3 Å². The average molecular weight is 468 g/mol. The number of nitrogens with zero attached hydrogens (tertiary/aromatic N) is 1. The highest BCUT2D eigenvalue weighted by molar-refractivity contribution is 5.94. The lowest BCUT2D eigenvalue weighted by atomic mass is 10.0. The van der Waals surface area contributed by atoms with Crippen molar-refractivity contribution in [3.8, 4) is 11.5 Å². The van der Waals surface area contributed by atoms with Gasteiger partial charge in [0.2, 0.25) is 11.8 Å². The third-order valence-electron chi connectivity index (χ3n) is 5.94. The van der Waals surface area contributed by atoms with Crippen LogP contribution in [0.25, 0.3) is 0 Å². The fourth-order valence-electron chi connectivity index (χ4n) is 4.16. The van der Waals surface area contributed by atoms with Gasteiger partial charge in [-0.15, -0.1) is 0 Å². The van der Waals surface area contributed by atoms with Gasteiger partial charge in [-0.1, -0.05) is 17.7 Å². The SMILES string of the molecule is COc1cc(CC(NC(C)=O)C(=O)NC2CCN(C(=O)c3cccc(C)c3)CC2)cc(OC)c1. The largest absolute Gasteiger partial charge is 0.497 e. The number of ether oxygens (including phenoxy) is 2. The molecular formula is C26H33N3O5. The van der Waals surface area contributed by atoms with Crippen molar-refractivity contribution < 1.29 is 23.9 Å². The van der Waals surface area contributed by atoms with E-state index in [4.69, 9.17) is 9.47 Å². The van der Waals surface area contributed by atoms with Gasteiger partial charge in [0, 0.05) is 44.1 Å². The molecule has 1 saturated heterocycles. The van der Waals surface area contributed by atoms with Crippen LogP contribution in [0.5, 0.6) is 11.5 Å². The summed E-state index contributed by atoms with van der Waals surface area (Å²) < 4.78 is 10.6. The number of hydrogen-bond acceptors (Lipinski definition) is 5. The summed E-state index contributed by atoms with van der Waals surface area (Å²) in [6.45, 7) is 4.48. The molecule has 0 aromatic heterocycles. The van der Waals surface area contributed by atoms with Gasteiger partial charge < -0.3 is 25.0 Å². The second kappa shape index (κ2) is 11.5. The van der Waals surface area contributed by atoms with Gasteiger partial charge in [-0.3, -0.25) is 14.4 Å². The molecule has 3 rings (SSSR count). The number of amides is 3. The Balaban J connectivity index is 1.61. The fourth-order valence-corrected chi connectivity index (χ4v) is 4.16. The van der Waals surface area contributed by atoms with E-state index in [9.17, 15) is 14.4 Å². The number of piperidine rings is 1. The van der Waals surface area contributed by atoms with E-state index in [-0.39, 0.29) is 23.8 Å². The minimum absolute atomic E-state index is 0.0107. The Morgan fingerprint density at radius 3 is 2.24 bits per heavy atom. The molecule has 0 spiro atoms. The second-order valence-electron chi connectivity index (χ2n) is 8.62. The summed E-state index contributed by atoms with van der Waals surface area (Å²) in [4.78, 5) is 39.5. The van der Waals surface area contributed by atoms with Crippen LogP contribution >= 0.6 is 0 Å². The van der Waals surface area contributed by atoms with Gasteiger partial charge in [0.1, 0.15) is 17.5 Å². The van der Waals surface area contributed by atoms with Gasteiger partial charge in [0.25, 0.3) is 5.91 Å². The molecule has 2 aromatic rings. The second-order valence-corrected chi connectivity index (χ2v) is 8.62. The molecule has 1 aliphatic rings. The molecule has 2 aromatic carbocycles. The summed E-state index contributed by atoms with van der Waals surface area (Å²) in [6, 6.07) is 12.2. The van der Waals surface area contributed by atoms with Gasteiger partial charge in [0.05, 0.1) is 14.2 Å². The number of benzene rings is 2. The Morgan fingerprint density at radius 1 is 1.03 bits per heavy atom. The molecule has 182 valence electrons. The summed E-state index contributed by atoms with van der Waals surface area (Å²) in [5.41, 5.74) is 2.54. The number of carbonyl (C=O) groups is 3.